The van der Waals surface area contributed by atoms with Gasteiger partial charge < -0.3 is 54.7 Å². The number of aliphatic hydroxyl groups is 7. The summed E-state index contributed by atoms with van der Waals surface area (Å²) in [6.07, 6.45) is -14.3. The van der Waals surface area contributed by atoms with Gasteiger partial charge in [0.25, 0.3) is 0 Å². The summed E-state index contributed by atoms with van der Waals surface area (Å²) in [5.41, 5.74) is 0. The Hall–Kier alpha value is -0.440. The highest BCUT2D eigenvalue weighted by Crippen LogP contribution is 2.29. The maximum Gasteiger partial charge on any atom is 0.187 e. The number of rotatable bonds is 5. The zero-order valence-corrected chi connectivity index (χ0v) is 13.0. The molecule has 0 bridgehead atoms. The van der Waals surface area contributed by atoms with Crippen molar-refractivity contribution in [1.29, 1.82) is 0 Å². The second-order valence-corrected chi connectivity index (χ2v) is 5.74. The summed E-state index contributed by atoms with van der Waals surface area (Å²) < 4.78 is 20.6. The van der Waals surface area contributed by atoms with Crippen LogP contribution in [0, 0.1) is 0 Å². The van der Waals surface area contributed by atoms with Gasteiger partial charge in [0.1, 0.15) is 48.8 Å². The van der Waals surface area contributed by atoms with E-state index >= 15 is 0 Å². The van der Waals surface area contributed by atoms with Gasteiger partial charge in [0, 0.05) is 7.11 Å². The van der Waals surface area contributed by atoms with Crippen LogP contribution in [0.1, 0.15) is 0 Å². The molecule has 0 aromatic carbocycles. The van der Waals surface area contributed by atoms with E-state index in [-0.39, 0.29) is 0 Å². The Morgan fingerprint density at radius 2 is 1.25 bits per heavy atom. The van der Waals surface area contributed by atoms with Crippen molar-refractivity contribution in [3.8, 4) is 0 Å². The van der Waals surface area contributed by atoms with Gasteiger partial charge in [0.15, 0.2) is 12.6 Å². The fourth-order valence-electron chi connectivity index (χ4n) is 2.75. The van der Waals surface area contributed by atoms with Crippen LogP contribution in [-0.4, -0.2) is 117 Å². The third-order valence-corrected chi connectivity index (χ3v) is 4.19. The summed E-state index contributed by atoms with van der Waals surface area (Å²) in [6.45, 7) is -1.24. The predicted octanol–water partition coefficient (Wildman–Crippen LogP) is -4.74. The van der Waals surface area contributed by atoms with Crippen LogP contribution >= 0.6 is 0 Å². The lowest BCUT2D eigenvalue weighted by Gasteiger charge is -2.45. The van der Waals surface area contributed by atoms with Gasteiger partial charge in [-0.15, -0.1) is 0 Å². The molecule has 0 amide bonds. The first-order valence-electron chi connectivity index (χ1n) is 7.46. The molecular formula is C13H24O11. The fourth-order valence-corrected chi connectivity index (χ4v) is 2.75. The standard InChI is InChI=1S/C13H24O11/c1-21-12-10(20)8(18)11(5(3-15)23-12)24-13-9(19)7(17)6(16)4(2-14)22-13/h4-20H,2-3H2,1H3/t4?,5-,6+,7?,8?,9-,10?,11+,12+,13-/m0/s1. The summed E-state index contributed by atoms with van der Waals surface area (Å²) >= 11 is 0. The number of hydrogen-bond donors (Lipinski definition) is 7. The van der Waals surface area contributed by atoms with Crippen molar-refractivity contribution in [3.63, 3.8) is 0 Å². The van der Waals surface area contributed by atoms with Crippen molar-refractivity contribution in [1.82, 2.24) is 0 Å². The summed E-state index contributed by atoms with van der Waals surface area (Å²) in [5.74, 6) is 0. The molecule has 2 aliphatic rings. The predicted molar refractivity (Wildman–Crippen MR) is 73.4 cm³/mol. The lowest BCUT2D eigenvalue weighted by atomic mass is 9.97. The molecule has 2 saturated heterocycles. The Balaban J connectivity index is 2.12. The van der Waals surface area contributed by atoms with E-state index in [9.17, 15) is 30.6 Å². The Bertz CT molecular complexity index is 392. The van der Waals surface area contributed by atoms with E-state index < -0.39 is 74.6 Å². The van der Waals surface area contributed by atoms with Gasteiger partial charge in [-0.25, -0.2) is 0 Å². The van der Waals surface area contributed by atoms with Crippen LogP contribution in [0.15, 0.2) is 0 Å². The Labute approximate surface area is 137 Å². The minimum Gasteiger partial charge on any atom is -0.394 e. The maximum absolute atomic E-state index is 10.2. The van der Waals surface area contributed by atoms with Gasteiger partial charge in [-0.1, -0.05) is 0 Å². The van der Waals surface area contributed by atoms with Crippen LogP contribution in [0.3, 0.4) is 0 Å². The van der Waals surface area contributed by atoms with Gasteiger partial charge in [0.2, 0.25) is 0 Å². The zero-order valence-electron chi connectivity index (χ0n) is 13.0. The monoisotopic (exact) mass is 356 g/mol. The summed E-state index contributed by atoms with van der Waals surface area (Å²) in [6, 6.07) is 0. The van der Waals surface area contributed by atoms with Crippen molar-refractivity contribution in [2.75, 3.05) is 20.3 Å². The van der Waals surface area contributed by atoms with Crippen molar-refractivity contribution in [2.45, 2.75) is 61.4 Å². The largest absolute Gasteiger partial charge is 0.394 e. The van der Waals surface area contributed by atoms with Gasteiger partial charge in [-0.3, -0.25) is 0 Å². The number of aliphatic hydroxyl groups excluding tert-OH is 7. The van der Waals surface area contributed by atoms with Gasteiger partial charge in [-0.05, 0) is 0 Å². The highest BCUT2D eigenvalue weighted by atomic mass is 16.7. The van der Waals surface area contributed by atoms with Gasteiger partial charge >= 0.3 is 0 Å². The number of ether oxygens (including phenoxy) is 4. The molecule has 7 N–H and O–H groups in total. The van der Waals surface area contributed by atoms with Crippen molar-refractivity contribution in [2.24, 2.45) is 0 Å². The van der Waals surface area contributed by atoms with Crippen molar-refractivity contribution < 1.29 is 54.7 Å². The smallest absolute Gasteiger partial charge is 0.187 e. The molecular weight excluding hydrogens is 332 g/mol. The van der Waals surface area contributed by atoms with E-state index in [0.717, 1.165) is 0 Å². The molecule has 4 unspecified atom stereocenters. The third-order valence-electron chi connectivity index (χ3n) is 4.19. The lowest BCUT2D eigenvalue weighted by Crippen LogP contribution is -2.64. The second kappa shape index (κ2) is 8.29. The molecule has 0 aliphatic carbocycles. The fraction of sp³-hybridized carbons (Fsp3) is 1.00. The first-order valence-corrected chi connectivity index (χ1v) is 7.46. The van der Waals surface area contributed by atoms with E-state index in [0.29, 0.717) is 0 Å². The average molecular weight is 356 g/mol. The lowest BCUT2D eigenvalue weighted by molar-refractivity contribution is -0.357. The topological polar surface area (TPSA) is 179 Å². The van der Waals surface area contributed by atoms with Crippen molar-refractivity contribution >= 4 is 0 Å². The summed E-state index contributed by atoms with van der Waals surface area (Å²) in [4.78, 5) is 0. The van der Waals surface area contributed by atoms with Gasteiger partial charge in [-0.2, -0.15) is 0 Å². The minimum absolute atomic E-state index is 0.592. The molecule has 0 aromatic rings. The molecule has 10 atom stereocenters. The van der Waals surface area contributed by atoms with Crippen LogP contribution in [-0.2, 0) is 18.9 Å². The Morgan fingerprint density at radius 3 is 1.79 bits per heavy atom. The minimum atomic E-state index is -1.69. The molecule has 2 heterocycles. The van der Waals surface area contributed by atoms with E-state index in [1.165, 1.54) is 7.11 Å². The molecule has 11 nitrogen and oxygen atoms in total. The molecule has 24 heavy (non-hydrogen) atoms. The van der Waals surface area contributed by atoms with Crippen LogP contribution in [0.25, 0.3) is 0 Å². The molecule has 2 fully saturated rings. The number of hydrogen-bond acceptors (Lipinski definition) is 11. The SMILES string of the molecule is CO[C@@H]1O[C@@H](CO)[C@@H](O[C@@H]2OC(CO)[C@@H](O)C(O)[C@@H]2O)C(O)C1O. The highest BCUT2D eigenvalue weighted by molar-refractivity contribution is 4.93. The van der Waals surface area contributed by atoms with E-state index in [1.807, 2.05) is 0 Å². The Morgan fingerprint density at radius 1 is 0.708 bits per heavy atom. The van der Waals surface area contributed by atoms with Crippen molar-refractivity contribution in [3.05, 3.63) is 0 Å². The van der Waals surface area contributed by atoms with E-state index in [2.05, 4.69) is 0 Å². The third kappa shape index (κ3) is 3.71. The van der Waals surface area contributed by atoms with Crippen LogP contribution < -0.4 is 0 Å². The molecule has 142 valence electrons. The molecule has 0 aromatic heterocycles. The maximum atomic E-state index is 10.2. The summed E-state index contributed by atoms with van der Waals surface area (Å²) in [5, 5.41) is 68.0. The molecule has 2 aliphatic heterocycles. The normalized spacial score (nSPS) is 50.0. The van der Waals surface area contributed by atoms with E-state index in [4.69, 9.17) is 24.1 Å². The molecule has 11 heteroatoms. The van der Waals surface area contributed by atoms with Crippen LogP contribution in [0.5, 0.6) is 0 Å². The molecule has 0 saturated carbocycles. The summed E-state index contributed by atoms with van der Waals surface area (Å²) in [7, 11) is 1.24. The van der Waals surface area contributed by atoms with Gasteiger partial charge in [0.05, 0.1) is 13.2 Å². The average Bonchev–Trinajstić information content (AvgIpc) is 2.59. The second-order valence-electron chi connectivity index (χ2n) is 5.74. The van der Waals surface area contributed by atoms with Crippen LogP contribution in [0.2, 0.25) is 0 Å². The first-order chi connectivity index (χ1) is 11.3. The quantitative estimate of drug-likeness (QED) is 0.251. The highest BCUT2D eigenvalue weighted by Gasteiger charge is 2.50. The molecule has 2 rings (SSSR count). The van der Waals surface area contributed by atoms with Crippen LogP contribution in [0.4, 0.5) is 0 Å². The number of methoxy groups -OCH3 is 1. The Kier molecular flexibility index (Phi) is 6.87. The zero-order chi connectivity index (χ0) is 18.0. The molecule has 0 spiro atoms. The van der Waals surface area contributed by atoms with E-state index in [1.54, 1.807) is 0 Å². The first kappa shape index (κ1) is 19.9. The molecule has 0 radical (unpaired) electrons.